The summed E-state index contributed by atoms with van der Waals surface area (Å²) < 4.78 is 1.86. The molecule has 3 aromatic heterocycles. The van der Waals surface area contributed by atoms with E-state index in [0.29, 0.717) is 30.8 Å². The Morgan fingerprint density at radius 1 is 1.15 bits per heavy atom. The second-order valence-electron chi connectivity index (χ2n) is 11.7. The van der Waals surface area contributed by atoms with Gasteiger partial charge in [-0.05, 0) is 79.3 Å². The summed E-state index contributed by atoms with van der Waals surface area (Å²) in [5.74, 6) is 1.07. The smallest absolute Gasteiger partial charge is 0.223 e. The summed E-state index contributed by atoms with van der Waals surface area (Å²) in [7, 11) is 0. The number of pyridine rings is 1. The molecule has 1 aromatic carbocycles. The van der Waals surface area contributed by atoms with Gasteiger partial charge in [-0.1, -0.05) is 19.9 Å². The number of aliphatic hydroxyl groups excluding tert-OH is 1. The standard InChI is InChI=1S/C31H40N6O2/c1-20(2)29-26-17-23(4-7-27(26)34-30(29)24-16-21(3)31-32-19-33-37(31)18-24)22-8-11-36(12-9-22)28(39)10-13-35(14-15-38)25-5-6-25/h4,7,16-20,22,25,34,38H,5-6,8-15H2,1-3H3. The monoisotopic (exact) mass is 528 g/mol. The lowest BCUT2D eigenvalue weighted by molar-refractivity contribution is -0.132. The Kier molecular flexibility index (Phi) is 7.16. The molecule has 0 atom stereocenters. The highest BCUT2D eigenvalue weighted by molar-refractivity contribution is 5.92. The van der Waals surface area contributed by atoms with Gasteiger partial charge in [-0.25, -0.2) is 9.50 Å². The molecule has 8 heteroatoms. The molecular formula is C31H40N6O2. The van der Waals surface area contributed by atoms with Gasteiger partial charge in [-0.2, -0.15) is 5.10 Å². The lowest BCUT2D eigenvalue weighted by Gasteiger charge is -2.33. The Morgan fingerprint density at radius 3 is 2.67 bits per heavy atom. The number of nitrogens with zero attached hydrogens (tertiary/aromatic N) is 5. The minimum absolute atomic E-state index is 0.165. The fourth-order valence-corrected chi connectivity index (χ4v) is 6.45. The van der Waals surface area contributed by atoms with Gasteiger partial charge in [-0.15, -0.1) is 0 Å². The second kappa shape index (κ2) is 10.7. The number of aryl methyl sites for hydroxylation is 1. The lowest BCUT2D eigenvalue weighted by Crippen LogP contribution is -2.40. The van der Waals surface area contributed by atoms with Crippen molar-refractivity contribution in [3.8, 4) is 11.3 Å². The summed E-state index contributed by atoms with van der Waals surface area (Å²) in [6.45, 7) is 9.84. The number of nitrogens with one attached hydrogen (secondary N) is 1. The number of likely N-dealkylation sites (tertiary alicyclic amines) is 1. The van der Waals surface area contributed by atoms with Crippen LogP contribution in [0.3, 0.4) is 0 Å². The summed E-state index contributed by atoms with van der Waals surface area (Å²) in [6.07, 6.45) is 8.60. The van der Waals surface area contributed by atoms with E-state index in [1.165, 1.54) is 29.4 Å². The Balaban J connectivity index is 1.18. The molecule has 4 aromatic rings. The van der Waals surface area contributed by atoms with Crippen LogP contribution in [0.5, 0.6) is 0 Å². The van der Waals surface area contributed by atoms with Crippen molar-refractivity contribution in [3.63, 3.8) is 0 Å². The highest BCUT2D eigenvalue weighted by Gasteiger charge is 2.30. The molecule has 1 aliphatic heterocycles. The predicted octanol–water partition coefficient (Wildman–Crippen LogP) is 4.86. The summed E-state index contributed by atoms with van der Waals surface area (Å²) in [5, 5.41) is 15.0. The van der Waals surface area contributed by atoms with Crippen LogP contribution in [-0.4, -0.2) is 79.2 Å². The van der Waals surface area contributed by atoms with E-state index < -0.39 is 0 Å². The topological polar surface area (TPSA) is 89.8 Å². The lowest BCUT2D eigenvalue weighted by atomic mass is 9.87. The van der Waals surface area contributed by atoms with E-state index in [0.717, 1.165) is 60.5 Å². The number of hydrogen-bond acceptors (Lipinski definition) is 5. The Hall–Kier alpha value is -3.23. The van der Waals surface area contributed by atoms with Crippen molar-refractivity contribution in [1.82, 2.24) is 29.4 Å². The van der Waals surface area contributed by atoms with Crippen molar-refractivity contribution < 1.29 is 9.90 Å². The predicted molar refractivity (Wildman–Crippen MR) is 154 cm³/mol. The highest BCUT2D eigenvalue weighted by Crippen LogP contribution is 2.38. The van der Waals surface area contributed by atoms with Gasteiger partial charge in [0.1, 0.15) is 6.33 Å². The molecule has 1 saturated heterocycles. The molecule has 0 radical (unpaired) electrons. The van der Waals surface area contributed by atoms with Crippen LogP contribution in [0, 0.1) is 6.92 Å². The van der Waals surface area contributed by atoms with Crippen molar-refractivity contribution in [3.05, 3.63) is 53.5 Å². The van der Waals surface area contributed by atoms with E-state index >= 15 is 0 Å². The molecule has 39 heavy (non-hydrogen) atoms. The van der Waals surface area contributed by atoms with E-state index in [9.17, 15) is 9.90 Å². The zero-order valence-electron chi connectivity index (χ0n) is 23.4. The summed E-state index contributed by atoms with van der Waals surface area (Å²) in [5.41, 5.74) is 8.13. The van der Waals surface area contributed by atoms with Crippen molar-refractivity contribution >= 4 is 22.5 Å². The number of aliphatic hydroxyl groups is 1. The maximum Gasteiger partial charge on any atom is 0.223 e. The van der Waals surface area contributed by atoms with Gasteiger partial charge in [0.25, 0.3) is 0 Å². The molecule has 2 N–H and O–H groups in total. The molecule has 2 aliphatic rings. The largest absolute Gasteiger partial charge is 0.395 e. The van der Waals surface area contributed by atoms with Crippen molar-refractivity contribution in [2.24, 2.45) is 0 Å². The number of H-pyrrole nitrogens is 1. The number of carbonyl (C=O) groups excluding carboxylic acids is 1. The molecule has 0 bridgehead atoms. The molecule has 1 amide bonds. The second-order valence-corrected chi connectivity index (χ2v) is 11.7. The Morgan fingerprint density at radius 2 is 1.95 bits per heavy atom. The quantitative estimate of drug-likeness (QED) is 0.324. The van der Waals surface area contributed by atoms with Crippen LogP contribution in [0.15, 0.2) is 36.8 Å². The number of aromatic nitrogens is 4. The minimum Gasteiger partial charge on any atom is -0.395 e. The first-order valence-corrected chi connectivity index (χ1v) is 14.5. The van der Waals surface area contributed by atoms with Crippen LogP contribution < -0.4 is 0 Å². The first-order chi connectivity index (χ1) is 18.9. The van der Waals surface area contributed by atoms with Crippen molar-refractivity contribution in [2.75, 3.05) is 32.8 Å². The van der Waals surface area contributed by atoms with E-state index in [2.05, 4.69) is 76.1 Å². The molecule has 4 heterocycles. The van der Waals surface area contributed by atoms with Gasteiger partial charge in [0.05, 0.1) is 12.3 Å². The Bertz CT molecular complexity index is 1480. The first kappa shape index (κ1) is 26.0. The number of amides is 1. The molecule has 0 spiro atoms. The zero-order chi connectivity index (χ0) is 27.1. The van der Waals surface area contributed by atoms with Gasteiger partial charge in [-0.3, -0.25) is 9.69 Å². The zero-order valence-corrected chi connectivity index (χ0v) is 23.4. The number of rotatable bonds is 9. The third kappa shape index (κ3) is 5.20. The fraction of sp³-hybridized carbons (Fsp3) is 0.516. The van der Waals surface area contributed by atoms with Crippen LogP contribution in [0.2, 0.25) is 0 Å². The van der Waals surface area contributed by atoms with E-state index in [-0.39, 0.29) is 12.5 Å². The van der Waals surface area contributed by atoms with E-state index in [1.54, 1.807) is 6.33 Å². The molecule has 1 aliphatic carbocycles. The molecule has 1 saturated carbocycles. The molecule has 0 unspecified atom stereocenters. The van der Waals surface area contributed by atoms with Crippen LogP contribution in [0.4, 0.5) is 0 Å². The summed E-state index contributed by atoms with van der Waals surface area (Å²) >= 11 is 0. The third-order valence-corrected chi connectivity index (χ3v) is 8.67. The van der Waals surface area contributed by atoms with Gasteiger partial charge < -0.3 is 15.0 Å². The average molecular weight is 529 g/mol. The molecular weight excluding hydrogens is 488 g/mol. The minimum atomic E-state index is 0.165. The van der Waals surface area contributed by atoms with Gasteiger partial charge >= 0.3 is 0 Å². The van der Waals surface area contributed by atoms with E-state index in [1.807, 2.05) is 4.52 Å². The first-order valence-electron chi connectivity index (χ1n) is 14.5. The maximum atomic E-state index is 12.9. The highest BCUT2D eigenvalue weighted by atomic mass is 16.3. The molecule has 6 rings (SSSR count). The maximum absolute atomic E-state index is 12.9. The van der Waals surface area contributed by atoms with Gasteiger partial charge in [0.2, 0.25) is 5.91 Å². The van der Waals surface area contributed by atoms with Crippen LogP contribution in [0.25, 0.3) is 27.8 Å². The van der Waals surface area contributed by atoms with Crippen molar-refractivity contribution in [1.29, 1.82) is 0 Å². The van der Waals surface area contributed by atoms with Gasteiger partial charge in [0.15, 0.2) is 5.65 Å². The normalized spacial score (nSPS) is 16.8. The number of benzene rings is 1. The Labute approximate surface area is 230 Å². The third-order valence-electron chi connectivity index (χ3n) is 8.67. The molecule has 206 valence electrons. The summed E-state index contributed by atoms with van der Waals surface area (Å²) in [4.78, 5) is 25.3. The summed E-state index contributed by atoms with van der Waals surface area (Å²) in [6, 6.07) is 9.65. The van der Waals surface area contributed by atoms with E-state index in [4.69, 9.17) is 0 Å². The van der Waals surface area contributed by atoms with Crippen LogP contribution in [0.1, 0.15) is 74.5 Å². The number of fused-ring (bicyclic) bond motifs is 2. The molecule has 8 nitrogen and oxygen atoms in total. The molecule has 2 fully saturated rings. The number of carbonyl (C=O) groups is 1. The SMILES string of the molecule is Cc1cc(-c2[nH]c3ccc(C4CCN(C(=O)CCN(CCO)C5CC5)CC4)cc3c2C(C)C)cn2ncnc12. The fourth-order valence-electron chi connectivity index (χ4n) is 6.45. The number of aromatic amines is 1. The van der Waals surface area contributed by atoms with Gasteiger partial charge in [0, 0.05) is 61.3 Å². The van der Waals surface area contributed by atoms with Crippen LogP contribution >= 0.6 is 0 Å². The van der Waals surface area contributed by atoms with Crippen LogP contribution in [-0.2, 0) is 4.79 Å². The number of piperidine rings is 1. The average Bonchev–Trinajstić information content (AvgIpc) is 3.53. The number of hydrogen-bond donors (Lipinski definition) is 2. The van der Waals surface area contributed by atoms with Crippen molar-refractivity contribution in [2.45, 2.75) is 70.8 Å².